The van der Waals surface area contributed by atoms with E-state index in [2.05, 4.69) is 4.98 Å². The summed E-state index contributed by atoms with van der Waals surface area (Å²) in [5.74, 6) is -1.61. The molecule has 0 aliphatic carbocycles. The van der Waals surface area contributed by atoms with Crippen molar-refractivity contribution < 1.29 is 19.1 Å². The number of likely N-dealkylation sites (tertiary alicyclic amines) is 1. The number of carboxylic acids is 1. The average molecular weight is 359 g/mol. The van der Waals surface area contributed by atoms with E-state index in [1.54, 1.807) is 23.2 Å². The summed E-state index contributed by atoms with van der Waals surface area (Å²) >= 11 is 0. The topological polar surface area (TPSA) is 75.4 Å². The summed E-state index contributed by atoms with van der Waals surface area (Å²) in [6.45, 7) is 3.08. The van der Waals surface area contributed by atoms with E-state index in [1.807, 2.05) is 17.7 Å². The third kappa shape index (κ3) is 3.92. The molecule has 0 saturated carbocycles. The lowest BCUT2D eigenvalue weighted by Gasteiger charge is -2.17. The van der Waals surface area contributed by atoms with Gasteiger partial charge in [-0.1, -0.05) is 12.1 Å². The number of carbonyl (C=O) groups excluding carboxylic acids is 1. The molecule has 7 heteroatoms. The van der Waals surface area contributed by atoms with Crippen LogP contribution in [0.1, 0.15) is 30.1 Å². The lowest BCUT2D eigenvalue weighted by atomic mass is 9.89. The first-order chi connectivity index (χ1) is 12.5. The second-order valence-electron chi connectivity index (χ2n) is 6.68. The van der Waals surface area contributed by atoms with Gasteiger partial charge in [0.05, 0.1) is 5.92 Å². The molecule has 1 aromatic heterocycles. The van der Waals surface area contributed by atoms with Crippen molar-refractivity contribution in [3.05, 3.63) is 53.9 Å². The Labute approximate surface area is 151 Å². The van der Waals surface area contributed by atoms with Gasteiger partial charge in [0.25, 0.3) is 0 Å². The number of carboxylic acid groups (broad SMARTS) is 1. The van der Waals surface area contributed by atoms with Crippen molar-refractivity contribution in [2.24, 2.45) is 5.92 Å². The average Bonchev–Trinajstić information content (AvgIpc) is 3.22. The molecule has 1 aliphatic rings. The number of rotatable bonds is 6. The highest BCUT2D eigenvalue weighted by Gasteiger charge is 2.40. The highest BCUT2D eigenvalue weighted by atomic mass is 19.1. The van der Waals surface area contributed by atoms with Crippen LogP contribution in [0.3, 0.4) is 0 Å². The molecule has 1 saturated heterocycles. The highest BCUT2D eigenvalue weighted by molar-refractivity contribution is 5.79. The molecule has 0 spiro atoms. The number of carbonyl (C=O) groups is 2. The van der Waals surface area contributed by atoms with E-state index >= 15 is 0 Å². The van der Waals surface area contributed by atoms with Gasteiger partial charge in [0, 0.05) is 44.4 Å². The molecular formula is C19H22FN3O3. The van der Waals surface area contributed by atoms with Gasteiger partial charge >= 0.3 is 5.97 Å². The minimum absolute atomic E-state index is 0.0621. The molecule has 1 N–H and O–H groups in total. The largest absolute Gasteiger partial charge is 0.481 e. The van der Waals surface area contributed by atoms with Gasteiger partial charge in [-0.15, -0.1) is 0 Å². The van der Waals surface area contributed by atoms with Gasteiger partial charge in [-0.3, -0.25) is 9.59 Å². The van der Waals surface area contributed by atoms with Crippen LogP contribution in [0.15, 0.2) is 36.7 Å². The number of benzene rings is 1. The summed E-state index contributed by atoms with van der Waals surface area (Å²) in [5, 5.41) is 9.50. The molecule has 2 aromatic rings. The number of halogens is 1. The Morgan fingerprint density at radius 2 is 2.15 bits per heavy atom. The van der Waals surface area contributed by atoms with E-state index in [0.29, 0.717) is 31.5 Å². The molecule has 0 radical (unpaired) electrons. The molecule has 138 valence electrons. The van der Waals surface area contributed by atoms with Gasteiger partial charge in [0.1, 0.15) is 11.6 Å². The van der Waals surface area contributed by atoms with Gasteiger partial charge < -0.3 is 14.6 Å². The summed E-state index contributed by atoms with van der Waals surface area (Å²) < 4.78 is 15.5. The molecule has 1 aliphatic heterocycles. The molecule has 0 bridgehead atoms. The summed E-state index contributed by atoms with van der Waals surface area (Å²) in [4.78, 5) is 29.8. The number of hydrogen-bond donors (Lipinski definition) is 1. The number of hydrogen-bond acceptors (Lipinski definition) is 3. The molecular weight excluding hydrogens is 337 g/mol. The Morgan fingerprint density at radius 3 is 2.81 bits per heavy atom. The standard InChI is InChI=1S/C19H22FN3O3/c1-13-21-7-9-22(13)8-3-6-18(24)23-11-16(17(12-23)19(25)26)14-4-2-5-15(20)10-14/h2,4-5,7,9-10,16-17H,3,6,8,11-12H2,1H3,(H,25,26). The maximum Gasteiger partial charge on any atom is 0.308 e. The molecule has 2 heterocycles. The fraction of sp³-hybridized carbons (Fsp3) is 0.421. The fourth-order valence-corrected chi connectivity index (χ4v) is 3.53. The minimum Gasteiger partial charge on any atom is -0.481 e. The molecule has 6 nitrogen and oxygen atoms in total. The lowest BCUT2D eigenvalue weighted by Crippen LogP contribution is -2.29. The van der Waals surface area contributed by atoms with E-state index in [9.17, 15) is 19.1 Å². The van der Waals surface area contributed by atoms with E-state index in [1.165, 1.54) is 12.1 Å². The summed E-state index contributed by atoms with van der Waals surface area (Å²) in [6, 6.07) is 5.98. The molecule has 1 fully saturated rings. The molecule has 1 aromatic carbocycles. The van der Waals surface area contributed by atoms with E-state index in [-0.39, 0.29) is 18.4 Å². The van der Waals surface area contributed by atoms with Crippen LogP contribution in [0.5, 0.6) is 0 Å². The maximum atomic E-state index is 13.5. The van der Waals surface area contributed by atoms with Gasteiger partial charge in [-0.25, -0.2) is 9.37 Å². The van der Waals surface area contributed by atoms with Crippen molar-refractivity contribution in [2.45, 2.75) is 32.2 Å². The maximum absolute atomic E-state index is 13.5. The molecule has 1 amide bonds. The number of aryl methyl sites for hydroxylation is 2. The van der Waals surface area contributed by atoms with Gasteiger partial charge in [-0.05, 0) is 31.0 Å². The van der Waals surface area contributed by atoms with Gasteiger partial charge in [0.15, 0.2) is 0 Å². The summed E-state index contributed by atoms with van der Waals surface area (Å²) in [6.07, 6.45) is 4.60. The molecule has 2 unspecified atom stereocenters. The monoisotopic (exact) mass is 359 g/mol. The third-order valence-electron chi connectivity index (χ3n) is 4.98. The number of imidazole rings is 1. The van der Waals surface area contributed by atoms with E-state index in [4.69, 9.17) is 0 Å². The Bertz CT molecular complexity index is 805. The van der Waals surface area contributed by atoms with Crippen molar-refractivity contribution in [2.75, 3.05) is 13.1 Å². The van der Waals surface area contributed by atoms with Crippen LogP contribution < -0.4 is 0 Å². The van der Waals surface area contributed by atoms with Crippen LogP contribution in [0.4, 0.5) is 4.39 Å². The molecule has 2 atom stereocenters. The van der Waals surface area contributed by atoms with Crippen LogP contribution in [-0.4, -0.2) is 44.5 Å². The van der Waals surface area contributed by atoms with Crippen molar-refractivity contribution in [1.82, 2.24) is 14.5 Å². The molecule has 3 rings (SSSR count). The first-order valence-electron chi connectivity index (χ1n) is 8.69. The fourth-order valence-electron chi connectivity index (χ4n) is 3.53. The van der Waals surface area contributed by atoms with Crippen LogP contribution in [0.2, 0.25) is 0 Å². The number of amides is 1. The summed E-state index contributed by atoms with van der Waals surface area (Å²) in [7, 11) is 0. The number of nitrogens with zero attached hydrogens (tertiary/aromatic N) is 3. The zero-order valence-electron chi connectivity index (χ0n) is 14.6. The summed E-state index contributed by atoms with van der Waals surface area (Å²) in [5.41, 5.74) is 0.627. The first-order valence-corrected chi connectivity index (χ1v) is 8.69. The van der Waals surface area contributed by atoms with E-state index < -0.39 is 17.7 Å². The smallest absolute Gasteiger partial charge is 0.308 e. The van der Waals surface area contributed by atoms with Crippen molar-refractivity contribution >= 4 is 11.9 Å². The van der Waals surface area contributed by atoms with Crippen LogP contribution in [-0.2, 0) is 16.1 Å². The Kier molecular flexibility index (Phi) is 5.35. The van der Waals surface area contributed by atoms with Crippen LogP contribution >= 0.6 is 0 Å². The second-order valence-corrected chi connectivity index (χ2v) is 6.68. The first kappa shape index (κ1) is 18.1. The van der Waals surface area contributed by atoms with Crippen LogP contribution in [0, 0.1) is 18.7 Å². The molecule has 26 heavy (non-hydrogen) atoms. The Morgan fingerprint density at radius 1 is 1.35 bits per heavy atom. The Balaban J connectivity index is 1.62. The minimum atomic E-state index is -0.955. The quantitative estimate of drug-likeness (QED) is 0.860. The normalized spacial score (nSPS) is 19.7. The highest BCUT2D eigenvalue weighted by Crippen LogP contribution is 2.33. The van der Waals surface area contributed by atoms with Gasteiger partial charge in [0.2, 0.25) is 5.91 Å². The van der Waals surface area contributed by atoms with Crippen molar-refractivity contribution in [1.29, 1.82) is 0 Å². The zero-order chi connectivity index (χ0) is 18.7. The SMILES string of the molecule is Cc1nccn1CCCC(=O)N1CC(C(=O)O)C(c2cccc(F)c2)C1. The number of aliphatic carboxylic acids is 1. The Hall–Kier alpha value is -2.70. The zero-order valence-corrected chi connectivity index (χ0v) is 14.6. The number of aromatic nitrogens is 2. The van der Waals surface area contributed by atoms with E-state index in [0.717, 1.165) is 5.82 Å². The third-order valence-corrected chi connectivity index (χ3v) is 4.98. The second kappa shape index (κ2) is 7.68. The van der Waals surface area contributed by atoms with Crippen LogP contribution in [0.25, 0.3) is 0 Å². The lowest BCUT2D eigenvalue weighted by molar-refractivity contribution is -0.141. The van der Waals surface area contributed by atoms with Gasteiger partial charge in [-0.2, -0.15) is 0 Å². The van der Waals surface area contributed by atoms with Crippen molar-refractivity contribution in [3.63, 3.8) is 0 Å². The van der Waals surface area contributed by atoms with Crippen molar-refractivity contribution in [3.8, 4) is 0 Å². The predicted molar refractivity (Wildman–Crippen MR) is 93.0 cm³/mol. The predicted octanol–water partition coefficient (Wildman–Crippen LogP) is 2.44.